The minimum atomic E-state index is -0.0686. The number of guanidine groups is 1. The Morgan fingerprint density at radius 2 is 1.96 bits per heavy atom. The van der Waals surface area contributed by atoms with Gasteiger partial charge in [-0.3, -0.25) is 9.79 Å². The Morgan fingerprint density at radius 1 is 1.19 bits per heavy atom. The Morgan fingerprint density at radius 3 is 2.59 bits per heavy atom. The molecule has 1 aliphatic rings. The lowest BCUT2D eigenvalue weighted by Gasteiger charge is -2.37. The van der Waals surface area contributed by atoms with Gasteiger partial charge in [-0.25, -0.2) is 0 Å². The Hall–Kier alpha value is -1.81. The van der Waals surface area contributed by atoms with Crippen LogP contribution in [0.15, 0.2) is 46.8 Å². The molecular formula is C19H26IN5OS. The first-order valence-electron chi connectivity index (χ1n) is 8.76. The molecule has 27 heavy (non-hydrogen) atoms. The summed E-state index contributed by atoms with van der Waals surface area (Å²) < 4.78 is 0. The number of hydrogen-bond donors (Lipinski definition) is 2. The molecule has 0 bridgehead atoms. The number of carbonyl (C=O) groups excluding carboxylic acids is 1. The van der Waals surface area contributed by atoms with Crippen molar-refractivity contribution in [3.05, 3.63) is 52.9 Å². The average Bonchev–Trinajstić information content (AvgIpc) is 3.23. The van der Waals surface area contributed by atoms with Crippen LogP contribution in [0.2, 0.25) is 0 Å². The van der Waals surface area contributed by atoms with Crippen molar-refractivity contribution in [2.75, 3.05) is 45.2 Å². The molecule has 0 aliphatic carbocycles. The third-order valence-corrected chi connectivity index (χ3v) is 5.40. The molecule has 1 aliphatic heterocycles. The number of rotatable bonds is 4. The molecule has 1 amide bonds. The van der Waals surface area contributed by atoms with Gasteiger partial charge in [0.2, 0.25) is 0 Å². The third kappa shape index (κ3) is 5.58. The highest BCUT2D eigenvalue weighted by Gasteiger charge is 2.20. The maximum atomic E-state index is 11.8. The van der Waals surface area contributed by atoms with E-state index in [1.165, 1.54) is 5.00 Å². The smallest absolute Gasteiger partial charge is 0.251 e. The summed E-state index contributed by atoms with van der Waals surface area (Å²) >= 11 is 1.79. The van der Waals surface area contributed by atoms with Crippen LogP contribution >= 0.6 is 35.3 Å². The minimum Gasteiger partial charge on any atom is -0.360 e. The van der Waals surface area contributed by atoms with E-state index in [0.29, 0.717) is 12.1 Å². The molecule has 0 spiro atoms. The van der Waals surface area contributed by atoms with Gasteiger partial charge in [0.1, 0.15) is 0 Å². The van der Waals surface area contributed by atoms with Gasteiger partial charge in [-0.1, -0.05) is 12.1 Å². The van der Waals surface area contributed by atoms with Crippen molar-refractivity contribution >= 4 is 52.2 Å². The van der Waals surface area contributed by atoms with Crippen molar-refractivity contribution in [3.63, 3.8) is 0 Å². The molecule has 1 fully saturated rings. The van der Waals surface area contributed by atoms with E-state index in [2.05, 4.69) is 42.9 Å². The zero-order valence-electron chi connectivity index (χ0n) is 15.6. The highest BCUT2D eigenvalue weighted by molar-refractivity contribution is 14.0. The van der Waals surface area contributed by atoms with Crippen LogP contribution in [-0.4, -0.2) is 57.0 Å². The van der Waals surface area contributed by atoms with Crippen LogP contribution in [0.4, 0.5) is 5.00 Å². The monoisotopic (exact) mass is 499 g/mol. The summed E-state index contributed by atoms with van der Waals surface area (Å²) in [5, 5.41) is 9.53. The van der Waals surface area contributed by atoms with Gasteiger partial charge in [-0.05, 0) is 35.2 Å². The first-order valence-corrected chi connectivity index (χ1v) is 9.64. The fourth-order valence-electron chi connectivity index (χ4n) is 3.07. The molecule has 2 heterocycles. The Labute approximate surface area is 181 Å². The van der Waals surface area contributed by atoms with E-state index in [1.54, 1.807) is 18.4 Å². The zero-order chi connectivity index (χ0) is 18.4. The first-order chi connectivity index (χ1) is 12.7. The van der Waals surface area contributed by atoms with Crippen molar-refractivity contribution in [1.82, 2.24) is 15.5 Å². The number of carbonyl (C=O) groups is 1. The van der Waals surface area contributed by atoms with Crippen LogP contribution in [-0.2, 0) is 6.54 Å². The van der Waals surface area contributed by atoms with Crippen molar-refractivity contribution in [3.8, 4) is 0 Å². The number of nitrogens with zero attached hydrogens (tertiary/aromatic N) is 3. The Kier molecular flexibility index (Phi) is 8.36. The van der Waals surface area contributed by atoms with E-state index in [9.17, 15) is 4.79 Å². The van der Waals surface area contributed by atoms with Crippen LogP contribution in [0.1, 0.15) is 15.9 Å². The number of nitrogens with one attached hydrogen (secondary N) is 2. The molecule has 2 aromatic rings. The molecule has 1 aromatic heterocycles. The maximum Gasteiger partial charge on any atom is 0.251 e. The molecule has 0 unspecified atom stereocenters. The second-order valence-electron chi connectivity index (χ2n) is 6.11. The van der Waals surface area contributed by atoms with Crippen molar-refractivity contribution in [1.29, 1.82) is 0 Å². The first kappa shape index (κ1) is 21.5. The number of benzene rings is 1. The number of piperazine rings is 1. The molecule has 146 valence electrons. The topological polar surface area (TPSA) is 60.0 Å². The average molecular weight is 499 g/mol. The van der Waals surface area contributed by atoms with Crippen LogP contribution in [0, 0.1) is 0 Å². The molecular weight excluding hydrogens is 473 g/mol. The van der Waals surface area contributed by atoms with Gasteiger partial charge >= 0.3 is 0 Å². The second kappa shape index (κ2) is 10.5. The fourth-order valence-corrected chi connectivity index (χ4v) is 3.85. The van der Waals surface area contributed by atoms with Crippen molar-refractivity contribution < 1.29 is 4.79 Å². The Balaban J connectivity index is 0.00000261. The summed E-state index contributed by atoms with van der Waals surface area (Å²) in [4.78, 5) is 20.9. The lowest BCUT2D eigenvalue weighted by molar-refractivity contribution is 0.0963. The van der Waals surface area contributed by atoms with Crippen LogP contribution < -0.4 is 15.5 Å². The van der Waals surface area contributed by atoms with E-state index in [4.69, 9.17) is 0 Å². The second-order valence-corrected chi connectivity index (χ2v) is 7.03. The minimum absolute atomic E-state index is 0. The SMILES string of the molecule is CN=C(NCc1cccc(C(=O)NC)c1)N1CCN(c2cccs2)CC1.I. The van der Waals surface area contributed by atoms with Gasteiger partial charge in [0.15, 0.2) is 5.96 Å². The number of aliphatic imine (C=N–C) groups is 1. The van der Waals surface area contributed by atoms with Gasteiger partial charge in [0.25, 0.3) is 5.91 Å². The molecule has 0 atom stereocenters. The number of amides is 1. The van der Waals surface area contributed by atoms with Crippen molar-refractivity contribution in [2.24, 2.45) is 4.99 Å². The zero-order valence-corrected chi connectivity index (χ0v) is 18.8. The van der Waals surface area contributed by atoms with Gasteiger partial charge in [-0.2, -0.15) is 0 Å². The predicted molar refractivity (Wildman–Crippen MR) is 124 cm³/mol. The highest BCUT2D eigenvalue weighted by Crippen LogP contribution is 2.22. The molecule has 6 nitrogen and oxygen atoms in total. The molecule has 2 N–H and O–H groups in total. The van der Waals surface area contributed by atoms with Crippen LogP contribution in [0.5, 0.6) is 0 Å². The Bertz CT molecular complexity index is 757. The van der Waals surface area contributed by atoms with E-state index in [1.807, 2.05) is 31.3 Å². The van der Waals surface area contributed by atoms with Gasteiger partial charge in [0, 0.05) is 52.4 Å². The summed E-state index contributed by atoms with van der Waals surface area (Å²) in [5.41, 5.74) is 1.73. The predicted octanol–water partition coefficient (Wildman–Crippen LogP) is 2.62. The lowest BCUT2D eigenvalue weighted by atomic mass is 10.1. The van der Waals surface area contributed by atoms with Crippen LogP contribution in [0.25, 0.3) is 0 Å². The largest absolute Gasteiger partial charge is 0.360 e. The lowest BCUT2D eigenvalue weighted by Crippen LogP contribution is -2.52. The summed E-state index contributed by atoms with van der Waals surface area (Å²) in [6.07, 6.45) is 0. The fraction of sp³-hybridized carbons (Fsp3) is 0.368. The van der Waals surface area contributed by atoms with E-state index in [-0.39, 0.29) is 29.9 Å². The molecule has 0 saturated carbocycles. The number of anilines is 1. The number of thiophene rings is 1. The van der Waals surface area contributed by atoms with E-state index >= 15 is 0 Å². The summed E-state index contributed by atoms with van der Waals surface area (Å²) in [7, 11) is 3.46. The van der Waals surface area contributed by atoms with Gasteiger partial charge in [0.05, 0.1) is 5.00 Å². The molecule has 1 aromatic carbocycles. The van der Waals surface area contributed by atoms with Crippen LogP contribution in [0.3, 0.4) is 0 Å². The normalized spacial score (nSPS) is 14.5. The molecule has 0 radical (unpaired) electrons. The number of hydrogen-bond acceptors (Lipinski definition) is 4. The summed E-state index contributed by atoms with van der Waals surface area (Å²) in [5.74, 6) is 0.835. The van der Waals surface area contributed by atoms with Gasteiger partial charge in [-0.15, -0.1) is 35.3 Å². The third-order valence-electron chi connectivity index (χ3n) is 4.48. The quantitative estimate of drug-likeness (QED) is 0.386. The highest BCUT2D eigenvalue weighted by atomic mass is 127. The summed E-state index contributed by atoms with van der Waals surface area (Å²) in [6, 6.07) is 11.9. The molecule has 1 saturated heterocycles. The molecule has 8 heteroatoms. The standard InChI is InChI=1S/C19H25N5OS.HI/c1-20-18(25)16-6-3-5-15(13-16)14-22-19(21-2)24-10-8-23(9-11-24)17-7-4-12-26-17;/h3-7,12-13H,8-11,14H2,1-2H3,(H,20,25)(H,21,22);1H. The summed E-state index contributed by atoms with van der Waals surface area (Å²) in [6.45, 7) is 4.51. The van der Waals surface area contributed by atoms with E-state index < -0.39 is 0 Å². The van der Waals surface area contributed by atoms with Gasteiger partial charge < -0.3 is 20.4 Å². The van der Waals surface area contributed by atoms with E-state index in [0.717, 1.165) is 37.7 Å². The molecule has 3 rings (SSSR count). The van der Waals surface area contributed by atoms with Crippen molar-refractivity contribution in [2.45, 2.75) is 6.54 Å². The maximum absolute atomic E-state index is 11.8. The number of halogens is 1.